The van der Waals surface area contributed by atoms with Crippen LogP contribution in [0.2, 0.25) is 5.02 Å². The Bertz CT molecular complexity index is 795. The highest BCUT2D eigenvalue weighted by Gasteiger charge is 2.60. The van der Waals surface area contributed by atoms with Gasteiger partial charge in [0.15, 0.2) is 0 Å². The van der Waals surface area contributed by atoms with Crippen LogP contribution in [-0.2, 0) is 14.4 Å². The summed E-state index contributed by atoms with van der Waals surface area (Å²) in [5, 5.41) is 3.09. The molecule has 3 amide bonds. The average Bonchev–Trinajstić information content (AvgIpc) is 3.23. The van der Waals surface area contributed by atoms with Crippen LogP contribution >= 0.6 is 27.5 Å². The monoisotopic (exact) mass is 422 g/mol. The molecule has 5 nitrogen and oxygen atoms in total. The normalized spacial score (nSPS) is 30.8. The molecular weight excluding hydrogens is 408 g/mol. The lowest BCUT2D eigenvalue weighted by Gasteiger charge is -2.24. The molecule has 3 aliphatic rings. The first kappa shape index (κ1) is 16.8. The molecule has 2 bridgehead atoms. The summed E-state index contributed by atoms with van der Waals surface area (Å²) in [6.45, 7) is 1.58. The smallest absolute Gasteiger partial charge is 0.247 e. The quantitative estimate of drug-likeness (QED) is 0.599. The fraction of sp³-hybridized carbons (Fsp3) is 0.389. The van der Waals surface area contributed by atoms with Gasteiger partial charge in [-0.2, -0.15) is 0 Å². The topological polar surface area (TPSA) is 66.5 Å². The van der Waals surface area contributed by atoms with Crippen molar-refractivity contribution >= 4 is 50.9 Å². The van der Waals surface area contributed by atoms with E-state index in [0.717, 1.165) is 15.8 Å². The van der Waals surface area contributed by atoms with Gasteiger partial charge < -0.3 is 5.32 Å². The molecule has 0 spiro atoms. The third-order valence-electron chi connectivity index (χ3n) is 5.46. The summed E-state index contributed by atoms with van der Waals surface area (Å²) in [5.41, 5.74) is 0.447. The van der Waals surface area contributed by atoms with Gasteiger partial charge in [-0.3, -0.25) is 19.3 Å². The Labute approximate surface area is 158 Å². The zero-order valence-electron chi connectivity index (χ0n) is 13.4. The number of amides is 3. The van der Waals surface area contributed by atoms with E-state index in [1.165, 1.54) is 0 Å². The zero-order valence-corrected chi connectivity index (χ0v) is 15.8. The van der Waals surface area contributed by atoms with Gasteiger partial charge in [0.1, 0.15) is 6.04 Å². The van der Waals surface area contributed by atoms with Crippen LogP contribution in [-0.4, -0.2) is 28.7 Å². The third kappa shape index (κ3) is 2.54. The molecule has 0 radical (unpaired) electrons. The number of hydrogen-bond acceptors (Lipinski definition) is 3. The molecule has 0 aromatic heterocycles. The molecule has 7 heteroatoms. The van der Waals surface area contributed by atoms with E-state index in [0.29, 0.717) is 10.7 Å². The number of allylic oxidation sites excluding steroid dienone is 2. The van der Waals surface area contributed by atoms with Crippen molar-refractivity contribution in [2.75, 3.05) is 5.32 Å². The van der Waals surface area contributed by atoms with Crippen molar-refractivity contribution in [2.24, 2.45) is 23.7 Å². The number of nitrogens with zero attached hydrogens (tertiary/aromatic N) is 1. The molecule has 2 fully saturated rings. The molecular formula is C18H16BrClN2O3. The molecule has 5 atom stereocenters. The SMILES string of the molecule is CC(C(=O)Nc1ccc(Br)cc1Cl)N1C(=O)C2C3C=CC(C3)C2C1=O. The number of rotatable bonds is 3. The summed E-state index contributed by atoms with van der Waals surface area (Å²) in [6, 6.07) is 4.22. The minimum Gasteiger partial charge on any atom is -0.323 e. The highest BCUT2D eigenvalue weighted by molar-refractivity contribution is 9.10. The Balaban J connectivity index is 1.53. The Morgan fingerprint density at radius 3 is 2.40 bits per heavy atom. The molecule has 1 aliphatic heterocycles. The summed E-state index contributed by atoms with van der Waals surface area (Å²) in [4.78, 5) is 39.2. The maximum Gasteiger partial charge on any atom is 0.247 e. The minimum atomic E-state index is -0.871. The highest BCUT2D eigenvalue weighted by atomic mass is 79.9. The van der Waals surface area contributed by atoms with Gasteiger partial charge in [-0.15, -0.1) is 0 Å². The van der Waals surface area contributed by atoms with Gasteiger partial charge in [0.2, 0.25) is 17.7 Å². The Kier molecular flexibility index (Phi) is 4.00. The molecule has 4 rings (SSSR count). The van der Waals surface area contributed by atoms with Crippen LogP contribution in [0.1, 0.15) is 13.3 Å². The largest absolute Gasteiger partial charge is 0.323 e. The molecule has 1 N–H and O–H groups in total. The molecule has 5 unspecified atom stereocenters. The number of carbonyl (C=O) groups excluding carboxylic acids is 3. The van der Waals surface area contributed by atoms with E-state index in [4.69, 9.17) is 11.6 Å². The number of carbonyl (C=O) groups is 3. The number of likely N-dealkylation sites (tertiary alicyclic amines) is 1. The first-order chi connectivity index (χ1) is 11.9. The second-order valence-corrected chi connectivity index (χ2v) is 8.16. The Morgan fingerprint density at radius 1 is 1.24 bits per heavy atom. The number of anilines is 1. The summed E-state index contributed by atoms with van der Waals surface area (Å²) < 4.78 is 0.796. The van der Waals surface area contributed by atoms with Crippen LogP contribution in [0, 0.1) is 23.7 Å². The van der Waals surface area contributed by atoms with Gasteiger partial charge in [0.05, 0.1) is 22.5 Å². The van der Waals surface area contributed by atoms with E-state index in [-0.39, 0.29) is 35.5 Å². The van der Waals surface area contributed by atoms with E-state index in [1.54, 1.807) is 25.1 Å². The molecule has 130 valence electrons. The molecule has 1 aromatic rings. The van der Waals surface area contributed by atoms with Crippen LogP contribution in [0.25, 0.3) is 0 Å². The van der Waals surface area contributed by atoms with E-state index in [1.807, 2.05) is 12.2 Å². The van der Waals surface area contributed by atoms with Gasteiger partial charge >= 0.3 is 0 Å². The van der Waals surface area contributed by atoms with Crippen molar-refractivity contribution in [3.05, 3.63) is 39.8 Å². The fourth-order valence-corrected chi connectivity index (χ4v) is 4.97. The van der Waals surface area contributed by atoms with Crippen LogP contribution in [0.3, 0.4) is 0 Å². The third-order valence-corrected chi connectivity index (χ3v) is 6.27. The van der Waals surface area contributed by atoms with Crippen LogP contribution in [0.15, 0.2) is 34.8 Å². The summed E-state index contributed by atoms with van der Waals surface area (Å²) in [5.74, 6) is -1.21. The molecule has 1 saturated carbocycles. The van der Waals surface area contributed by atoms with Crippen LogP contribution in [0.5, 0.6) is 0 Å². The van der Waals surface area contributed by atoms with Crippen molar-refractivity contribution in [1.82, 2.24) is 4.90 Å². The number of halogens is 2. The predicted octanol–water partition coefficient (Wildman–Crippen LogP) is 3.24. The second kappa shape index (κ2) is 5.95. The van der Waals surface area contributed by atoms with E-state index >= 15 is 0 Å². The lowest BCUT2D eigenvalue weighted by Crippen LogP contribution is -2.46. The molecule has 2 aliphatic carbocycles. The lowest BCUT2D eigenvalue weighted by molar-refractivity contribution is -0.146. The summed E-state index contributed by atoms with van der Waals surface area (Å²) >= 11 is 9.42. The Morgan fingerprint density at radius 2 is 1.84 bits per heavy atom. The number of hydrogen-bond donors (Lipinski definition) is 1. The van der Waals surface area contributed by atoms with Crippen molar-refractivity contribution in [3.8, 4) is 0 Å². The first-order valence-corrected chi connectivity index (χ1v) is 9.36. The average molecular weight is 424 g/mol. The number of imide groups is 1. The van der Waals surface area contributed by atoms with Gasteiger partial charge in [0, 0.05) is 4.47 Å². The number of fused-ring (bicyclic) bond motifs is 5. The zero-order chi connectivity index (χ0) is 17.9. The van der Waals surface area contributed by atoms with E-state index < -0.39 is 11.9 Å². The van der Waals surface area contributed by atoms with Gasteiger partial charge in [0.25, 0.3) is 0 Å². The van der Waals surface area contributed by atoms with Crippen molar-refractivity contribution in [1.29, 1.82) is 0 Å². The minimum absolute atomic E-state index is 0.132. The van der Waals surface area contributed by atoms with Crippen molar-refractivity contribution in [2.45, 2.75) is 19.4 Å². The van der Waals surface area contributed by atoms with Gasteiger partial charge in [-0.25, -0.2) is 0 Å². The first-order valence-electron chi connectivity index (χ1n) is 8.19. The second-order valence-electron chi connectivity index (χ2n) is 6.84. The molecule has 1 aromatic carbocycles. The maximum atomic E-state index is 12.8. The van der Waals surface area contributed by atoms with E-state index in [2.05, 4.69) is 21.2 Å². The molecule has 25 heavy (non-hydrogen) atoms. The summed E-state index contributed by atoms with van der Waals surface area (Å²) in [7, 11) is 0. The van der Waals surface area contributed by atoms with Crippen LogP contribution < -0.4 is 5.32 Å². The fourth-order valence-electron chi connectivity index (χ4n) is 4.25. The highest BCUT2D eigenvalue weighted by Crippen LogP contribution is 2.52. The summed E-state index contributed by atoms with van der Waals surface area (Å²) in [6.07, 6.45) is 4.94. The lowest BCUT2D eigenvalue weighted by atomic mass is 9.85. The molecule has 1 heterocycles. The van der Waals surface area contributed by atoms with Crippen molar-refractivity contribution in [3.63, 3.8) is 0 Å². The van der Waals surface area contributed by atoms with Gasteiger partial charge in [-0.1, -0.05) is 39.7 Å². The van der Waals surface area contributed by atoms with Crippen molar-refractivity contribution < 1.29 is 14.4 Å². The molecule has 1 saturated heterocycles. The van der Waals surface area contributed by atoms with E-state index in [9.17, 15) is 14.4 Å². The number of nitrogens with one attached hydrogen (secondary N) is 1. The maximum absolute atomic E-state index is 12.8. The van der Waals surface area contributed by atoms with Crippen LogP contribution in [0.4, 0.5) is 5.69 Å². The van der Waals surface area contributed by atoms with Gasteiger partial charge in [-0.05, 0) is 43.4 Å². The standard InChI is InChI=1S/C18H16BrClN2O3/c1-8(16(23)21-13-5-4-11(19)7-12(13)20)22-17(24)14-9-2-3-10(6-9)15(14)18(22)25/h2-5,7-10,14-15H,6H2,1H3,(H,21,23). The Hall–Kier alpha value is -1.66. The predicted molar refractivity (Wildman–Crippen MR) is 96.8 cm³/mol. The number of benzene rings is 1.